The third-order valence-electron chi connectivity index (χ3n) is 4.36. The highest BCUT2D eigenvalue weighted by molar-refractivity contribution is 7.89. The van der Waals surface area contributed by atoms with Crippen LogP contribution in [-0.2, 0) is 16.2 Å². The standard InChI is InChI=1S/C14H17F3N2O3S/c15-14(16,17)10-2-1-3-13(6-10)23(21,22)19-5-4-18-9-12(20)7-11(18)8-19/h1-3,6,11-12,20H,4-5,7-9H2/t11-,12+/m1/s1. The summed E-state index contributed by atoms with van der Waals surface area (Å²) in [4.78, 5) is 1.67. The van der Waals surface area contributed by atoms with Crippen LogP contribution in [0.2, 0.25) is 0 Å². The normalized spacial score (nSPS) is 27.1. The quantitative estimate of drug-likeness (QED) is 0.869. The lowest BCUT2D eigenvalue weighted by Gasteiger charge is -2.36. The molecular weight excluding hydrogens is 333 g/mol. The van der Waals surface area contributed by atoms with E-state index in [4.69, 9.17) is 0 Å². The van der Waals surface area contributed by atoms with Gasteiger partial charge in [0.2, 0.25) is 10.0 Å². The lowest BCUT2D eigenvalue weighted by Crippen LogP contribution is -2.51. The van der Waals surface area contributed by atoms with Gasteiger partial charge >= 0.3 is 6.18 Å². The summed E-state index contributed by atoms with van der Waals surface area (Å²) in [5.41, 5.74) is -0.978. The number of hydrogen-bond acceptors (Lipinski definition) is 4. The molecule has 23 heavy (non-hydrogen) atoms. The molecule has 9 heteroatoms. The molecule has 5 nitrogen and oxygen atoms in total. The van der Waals surface area contributed by atoms with Crippen LogP contribution in [0.25, 0.3) is 0 Å². The van der Waals surface area contributed by atoms with Crippen molar-refractivity contribution in [2.45, 2.75) is 29.6 Å². The minimum atomic E-state index is -4.58. The number of halogens is 3. The third-order valence-corrected chi connectivity index (χ3v) is 6.22. The number of piperazine rings is 1. The van der Waals surface area contributed by atoms with Crippen molar-refractivity contribution < 1.29 is 26.7 Å². The first-order valence-electron chi connectivity index (χ1n) is 7.27. The van der Waals surface area contributed by atoms with E-state index in [0.717, 1.165) is 12.1 Å². The molecule has 1 N–H and O–H groups in total. The highest BCUT2D eigenvalue weighted by Gasteiger charge is 2.40. The van der Waals surface area contributed by atoms with Crippen molar-refractivity contribution in [1.29, 1.82) is 0 Å². The Morgan fingerprint density at radius 3 is 2.61 bits per heavy atom. The summed E-state index contributed by atoms with van der Waals surface area (Å²) < 4.78 is 64.8. The Morgan fingerprint density at radius 1 is 1.17 bits per heavy atom. The van der Waals surface area contributed by atoms with E-state index < -0.39 is 27.9 Å². The largest absolute Gasteiger partial charge is 0.416 e. The molecule has 2 aliphatic rings. The van der Waals surface area contributed by atoms with Crippen LogP contribution >= 0.6 is 0 Å². The third kappa shape index (κ3) is 3.23. The highest BCUT2D eigenvalue weighted by Crippen LogP contribution is 2.32. The fourth-order valence-corrected chi connectivity index (χ4v) is 4.70. The van der Waals surface area contributed by atoms with Gasteiger partial charge in [0.15, 0.2) is 0 Å². The Bertz CT molecular complexity index is 693. The molecule has 0 aromatic heterocycles. The lowest BCUT2D eigenvalue weighted by molar-refractivity contribution is -0.137. The van der Waals surface area contributed by atoms with Crippen LogP contribution in [0.5, 0.6) is 0 Å². The van der Waals surface area contributed by atoms with Crippen LogP contribution in [0, 0.1) is 0 Å². The van der Waals surface area contributed by atoms with Gasteiger partial charge in [-0.2, -0.15) is 17.5 Å². The van der Waals surface area contributed by atoms with Crippen molar-refractivity contribution in [3.8, 4) is 0 Å². The van der Waals surface area contributed by atoms with E-state index in [9.17, 15) is 26.7 Å². The van der Waals surface area contributed by atoms with E-state index in [2.05, 4.69) is 0 Å². The zero-order chi connectivity index (χ0) is 16.8. The topological polar surface area (TPSA) is 60.9 Å². The summed E-state index contributed by atoms with van der Waals surface area (Å²) in [7, 11) is -3.98. The van der Waals surface area contributed by atoms with Crippen molar-refractivity contribution in [3.05, 3.63) is 29.8 Å². The van der Waals surface area contributed by atoms with Crippen LogP contribution in [0.15, 0.2) is 29.2 Å². The van der Waals surface area contributed by atoms with Crippen LogP contribution in [0.4, 0.5) is 13.2 Å². The number of hydrogen-bond donors (Lipinski definition) is 1. The van der Waals surface area contributed by atoms with E-state index in [-0.39, 0.29) is 24.0 Å². The van der Waals surface area contributed by atoms with Gasteiger partial charge in [-0.15, -0.1) is 0 Å². The molecule has 2 heterocycles. The molecule has 0 radical (unpaired) electrons. The van der Waals surface area contributed by atoms with E-state index in [1.54, 1.807) is 0 Å². The summed E-state index contributed by atoms with van der Waals surface area (Å²) in [5.74, 6) is 0. The smallest absolute Gasteiger partial charge is 0.392 e. The minimum absolute atomic E-state index is 0.0840. The zero-order valence-corrected chi connectivity index (χ0v) is 13.0. The van der Waals surface area contributed by atoms with Crippen LogP contribution in [-0.4, -0.2) is 61.1 Å². The molecule has 128 valence electrons. The molecule has 1 aromatic carbocycles. The number of rotatable bonds is 2. The molecule has 2 fully saturated rings. The first-order chi connectivity index (χ1) is 10.7. The molecular formula is C14H17F3N2O3S. The fourth-order valence-electron chi connectivity index (χ4n) is 3.19. The Morgan fingerprint density at radius 2 is 1.91 bits per heavy atom. The van der Waals surface area contributed by atoms with Crippen LogP contribution in [0.3, 0.4) is 0 Å². The maximum Gasteiger partial charge on any atom is 0.416 e. The summed E-state index contributed by atoms with van der Waals surface area (Å²) in [6.45, 7) is 1.39. The first kappa shape index (κ1) is 16.7. The molecule has 0 bridgehead atoms. The predicted molar refractivity (Wildman–Crippen MR) is 76.2 cm³/mol. The second-order valence-corrected chi connectivity index (χ2v) is 7.86. The summed E-state index contributed by atoms with van der Waals surface area (Å²) in [6.07, 6.45) is -4.58. The van der Waals surface area contributed by atoms with Gasteiger partial charge in [0, 0.05) is 32.2 Å². The molecule has 0 amide bonds. The maximum atomic E-state index is 12.8. The number of alkyl halides is 3. The SMILES string of the molecule is O=S(=O)(c1cccc(C(F)(F)F)c1)N1CCN2C[C@@H](O)C[C@@H]2C1. The molecule has 0 spiro atoms. The van der Waals surface area contributed by atoms with Gasteiger partial charge < -0.3 is 5.11 Å². The molecule has 2 atom stereocenters. The van der Waals surface area contributed by atoms with Crippen molar-refractivity contribution in [3.63, 3.8) is 0 Å². The van der Waals surface area contributed by atoms with Gasteiger partial charge in [-0.3, -0.25) is 4.90 Å². The fraction of sp³-hybridized carbons (Fsp3) is 0.571. The average Bonchev–Trinajstić information content (AvgIpc) is 2.85. The van der Waals surface area contributed by atoms with Crippen molar-refractivity contribution >= 4 is 10.0 Å². The molecule has 1 aromatic rings. The summed E-state index contributed by atoms with van der Waals surface area (Å²) in [6, 6.07) is 3.72. The molecule has 0 saturated carbocycles. The predicted octanol–water partition coefficient (Wildman–Crippen LogP) is 1.14. The Balaban J connectivity index is 1.85. The van der Waals surface area contributed by atoms with E-state index >= 15 is 0 Å². The van der Waals surface area contributed by atoms with Gasteiger partial charge in [0.05, 0.1) is 16.6 Å². The van der Waals surface area contributed by atoms with Gasteiger partial charge in [0.1, 0.15) is 0 Å². The number of sulfonamides is 1. The second-order valence-electron chi connectivity index (χ2n) is 5.93. The number of aliphatic hydroxyl groups is 1. The summed E-state index contributed by atoms with van der Waals surface area (Å²) in [5, 5.41) is 9.66. The van der Waals surface area contributed by atoms with Gasteiger partial charge in [-0.05, 0) is 24.6 Å². The van der Waals surface area contributed by atoms with Gasteiger partial charge in [-0.1, -0.05) is 6.07 Å². The van der Waals surface area contributed by atoms with Crippen molar-refractivity contribution in [2.24, 2.45) is 0 Å². The Hall–Kier alpha value is -1.16. The molecule has 2 aliphatic heterocycles. The Labute approximate surface area is 132 Å². The van der Waals surface area contributed by atoms with E-state index in [1.807, 2.05) is 4.90 Å². The van der Waals surface area contributed by atoms with Gasteiger partial charge in [-0.25, -0.2) is 8.42 Å². The van der Waals surface area contributed by atoms with E-state index in [0.29, 0.717) is 25.6 Å². The van der Waals surface area contributed by atoms with Gasteiger partial charge in [0.25, 0.3) is 0 Å². The lowest BCUT2D eigenvalue weighted by atomic mass is 10.2. The second kappa shape index (κ2) is 5.73. The zero-order valence-electron chi connectivity index (χ0n) is 12.2. The van der Waals surface area contributed by atoms with E-state index in [1.165, 1.54) is 10.4 Å². The molecule has 0 aliphatic carbocycles. The number of nitrogens with zero attached hydrogens (tertiary/aromatic N) is 2. The average molecular weight is 350 g/mol. The van der Waals surface area contributed by atoms with Crippen LogP contribution < -0.4 is 0 Å². The molecule has 0 unspecified atom stereocenters. The van der Waals surface area contributed by atoms with Crippen molar-refractivity contribution in [1.82, 2.24) is 9.21 Å². The number of aliphatic hydroxyl groups excluding tert-OH is 1. The number of fused-ring (bicyclic) bond motifs is 1. The number of benzene rings is 1. The minimum Gasteiger partial charge on any atom is -0.392 e. The Kier molecular flexibility index (Phi) is 4.16. The van der Waals surface area contributed by atoms with Crippen LogP contribution in [0.1, 0.15) is 12.0 Å². The first-order valence-corrected chi connectivity index (χ1v) is 8.71. The monoisotopic (exact) mass is 350 g/mol. The summed E-state index contributed by atoms with van der Waals surface area (Å²) >= 11 is 0. The van der Waals surface area contributed by atoms with Crippen molar-refractivity contribution in [2.75, 3.05) is 26.2 Å². The maximum absolute atomic E-state index is 12.8. The molecule has 3 rings (SSSR count). The molecule has 2 saturated heterocycles. The highest BCUT2D eigenvalue weighted by atomic mass is 32.2.